The highest BCUT2D eigenvalue weighted by molar-refractivity contribution is 7.10. The summed E-state index contributed by atoms with van der Waals surface area (Å²) in [6, 6.07) is 8.84. The Morgan fingerprint density at radius 1 is 1.02 bits per heavy atom. The summed E-state index contributed by atoms with van der Waals surface area (Å²) in [5, 5.41) is 10.1. The molecule has 4 heterocycles. The van der Waals surface area contributed by atoms with Crippen LogP contribution in [0, 0.1) is 0 Å². The van der Waals surface area contributed by atoms with Crippen molar-refractivity contribution in [2.75, 3.05) is 26.2 Å². The lowest BCUT2D eigenvalue weighted by Crippen LogP contribution is -2.68. The molecule has 2 atom stereocenters. The fraction of sp³-hybridized carbons (Fsp3) is 0.500. The van der Waals surface area contributed by atoms with Crippen molar-refractivity contribution in [3.63, 3.8) is 0 Å². The Morgan fingerprint density at radius 2 is 1.75 bits per heavy atom. The Bertz CT molecular complexity index is 1720. The first-order valence-electron chi connectivity index (χ1n) is 17.1. The summed E-state index contributed by atoms with van der Waals surface area (Å²) >= 11 is 0.390. The average molecular weight is 756 g/mol. The van der Waals surface area contributed by atoms with Gasteiger partial charge in [0.2, 0.25) is 5.60 Å². The van der Waals surface area contributed by atoms with Gasteiger partial charge in [0, 0.05) is 50.1 Å². The highest BCUT2D eigenvalue weighted by Gasteiger charge is 2.56. The number of para-hydroxylation sites is 1. The largest absolute Gasteiger partial charge is 0.493 e. The first kappa shape index (κ1) is 38.9. The fourth-order valence-corrected chi connectivity index (χ4v) is 7.77. The van der Waals surface area contributed by atoms with Crippen LogP contribution in [-0.4, -0.2) is 75.6 Å². The van der Waals surface area contributed by atoms with Gasteiger partial charge in [-0.15, -0.1) is 11.3 Å². The number of benzene rings is 1. The maximum atomic E-state index is 14.8. The van der Waals surface area contributed by atoms with Gasteiger partial charge in [0.15, 0.2) is 0 Å². The van der Waals surface area contributed by atoms with Crippen LogP contribution in [0.4, 0.5) is 26.3 Å². The number of amides is 2. The van der Waals surface area contributed by atoms with Gasteiger partial charge in [-0.2, -0.15) is 26.3 Å². The Kier molecular flexibility index (Phi) is 12.1. The number of ether oxygens (including phenoxy) is 2. The smallest absolute Gasteiger partial charge is 0.425 e. The second-order valence-corrected chi connectivity index (χ2v) is 13.8. The van der Waals surface area contributed by atoms with Crippen molar-refractivity contribution >= 4 is 29.1 Å². The summed E-state index contributed by atoms with van der Waals surface area (Å²) in [7, 11) is 0. The van der Waals surface area contributed by atoms with E-state index in [1.165, 1.54) is 4.90 Å². The van der Waals surface area contributed by atoms with Crippen molar-refractivity contribution in [1.29, 1.82) is 0 Å². The maximum absolute atomic E-state index is 14.8. The first-order valence-corrected chi connectivity index (χ1v) is 17.9. The van der Waals surface area contributed by atoms with Crippen molar-refractivity contribution in [2.24, 2.45) is 0 Å². The topological polar surface area (TPSA) is 109 Å². The van der Waals surface area contributed by atoms with Gasteiger partial charge in [0.05, 0.1) is 18.2 Å². The van der Waals surface area contributed by atoms with Crippen LogP contribution in [0.1, 0.15) is 90.7 Å². The van der Waals surface area contributed by atoms with Gasteiger partial charge in [0.25, 0.3) is 11.8 Å². The molecule has 0 radical (unpaired) electrons. The molecule has 2 fully saturated rings. The zero-order valence-corrected chi connectivity index (χ0v) is 29.2. The number of nitrogens with zero attached hydrogens (tertiary/aromatic N) is 3. The first-order chi connectivity index (χ1) is 24.7. The molecule has 2 amide bonds. The third-order valence-corrected chi connectivity index (χ3v) is 10.4. The number of aliphatic carboxylic acids is 1. The predicted octanol–water partition coefficient (Wildman–Crippen LogP) is 8.05. The fourth-order valence-electron chi connectivity index (χ4n) is 7.09. The zero-order chi connectivity index (χ0) is 37.7. The number of thiophene rings is 1. The number of carboxylic acid groups (broad SMARTS) is 1. The number of alkyl halides is 6. The molecular weight excluding hydrogens is 716 g/mol. The predicted molar refractivity (Wildman–Crippen MR) is 178 cm³/mol. The number of carbonyl (C=O) groups is 3. The molecule has 9 nitrogen and oxygen atoms in total. The summed E-state index contributed by atoms with van der Waals surface area (Å²) in [6.45, 7) is 2.41. The van der Waals surface area contributed by atoms with Crippen molar-refractivity contribution in [2.45, 2.75) is 88.2 Å². The SMILES string of the molecule is CCC[C@H]1N(C(=O)c2ncccc2C(F)(F)F)CCC[C@@]1(Oc1csc(C(F)(F)F)c1)C(=O)N1CCC(c2ccccc2OCCCC(=O)O)CC1. The lowest BCUT2D eigenvalue weighted by molar-refractivity contribution is -0.160. The lowest BCUT2D eigenvalue weighted by atomic mass is 9.79. The van der Waals surface area contributed by atoms with E-state index in [1.807, 2.05) is 12.1 Å². The number of pyridine rings is 1. The maximum Gasteiger partial charge on any atom is 0.425 e. The second-order valence-electron chi connectivity index (χ2n) is 12.9. The minimum absolute atomic E-state index is 0.0127. The molecule has 1 aromatic carbocycles. The van der Waals surface area contributed by atoms with Crippen LogP contribution in [0.15, 0.2) is 54.0 Å². The van der Waals surface area contributed by atoms with E-state index < -0.39 is 57.9 Å². The van der Waals surface area contributed by atoms with E-state index in [0.29, 0.717) is 42.8 Å². The molecule has 282 valence electrons. The number of rotatable bonds is 12. The number of aromatic nitrogens is 1. The quantitative estimate of drug-likeness (QED) is 0.147. The van der Waals surface area contributed by atoms with E-state index in [4.69, 9.17) is 14.6 Å². The normalized spacial score (nSPS) is 20.1. The number of halogens is 6. The number of likely N-dealkylation sites (tertiary alicyclic amines) is 2. The number of piperidine rings is 2. The van der Waals surface area contributed by atoms with Gasteiger partial charge in [-0.1, -0.05) is 31.5 Å². The van der Waals surface area contributed by atoms with Crippen LogP contribution in [0.3, 0.4) is 0 Å². The van der Waals surface area contributed by atoms with Crippen molar-refractivity contribution in [3.8, 4) is 11.5 Å². The van der Waals surface area contributed by atoms with Crippen LogP contribution in [0.2, 0.25) is 0 Å². The Hall–Kier alpha value is -4.34. The van der Waals surface area contributed by atoms with Crippen LogP contribution < -0.4 is 9.47 Å². The van der Waals surface area contributed by atoms with E-state index in [9.17, 15) is 40.7 Å². The van der Waals surface area contributed by atoms with Crippen LogP contribution >= 0.6 is 11.3 Å². The summed E-state index contributed by atoms with van der Waals surface area (Å²) < 4.78 is 95.1. The molecule has 5 rings (SSSR count). The van der Waals surface area contributed by atoms with E-state index in [2.05, 4.69) is 4.98 Å². The average Bonchev–Trinajstić information content (AvgIpc) is 3.59. The Balaban J connectivity index is 1.45. The number of carbonyl (C=O) groups excluding carboxylic acids is 2. The van der Waals surface area contributed by atoms with Gasteiger partial charge >= 0.3 is 18.3 Å². The molecule has 2 aromatic heterocycles. The molecular formula is C36H39F6N3O6S. The monoisotopic (exact) mass is 755 g/mol. The van der Waals surface area contributed by atoms with E-state index >= 15 is 0 Å². The molecule has 0 unspecified atom stereocenters. The minimum Gasteiger partial charge on any atom is -0.493 e. The highest BCUT2D eigenvalue weighted by Crippen LogP contribution is 2.43. The van der Waals surface area contributed by atoms with Gasteiger partial charge in [-0.25, -0.2) is 0 Å². The van der Waals surface area contributed by atoms with Gasteiger partial charge in [-0.3, -0.25) is 19.4 Å². The molecule has 2 aliphatic rings. The highest BCUT2D eigenvalue weighted by atomic mass is 32.1. The van der Waals surface area contributed by atoms with E-state index in [1.54, 1.807) is 24.0 Å². The molecule has 2 saturated heterocycles. The van der Waals surface area contributed by atoms with Gasteiger partial charge in [-0.05, 0) is 61.8 Å². The van der Waals surface area contributed by atoms with E-state index in [0.717, 1.165) is 35.3 Å². The summed E-state index contributed by atoms with van der Waals surface area (Å²) in [4.78, 5) is 45.3. The molecule has 0 bridgehead atoms. The minimum atomic E-state index is -4.89. The third-order valence-electron chi connectivity index (χ3n) is 9.45. The summed E-state index contributed by atoms with van der Waals surface area (Å²) in [6.07, 6.45) is -6.60. The Morgan fingerprint density at radius 3 is 2.40 bits per heavy atom. The van der Waals surface area contributed by atoms with Crippen molar-refractivity contribution in [3.05, 3.63) is 75.7 Å². The van der Waals surface area contributed by atoms with Crippen molar-refractivity contribution < 1.29 is 55.3 Å². The number of hydrogen-bond donors (Lipinski definition) is 1. The molecule has 0 spiro atoms. The molecule has 0 saturated carbocycles. The molecule has 1 N–H and O–H groups in total. The molecule has 3 aromatic rings. The van der Waals surface area contributed by atoms with Crippen LogP contribution in [-0.2, 0) is 21.9 Å². The van der Waals surface area contributed by atoms with E-state index in [-0.39, 0.29) is 63.6 Å². The van der Waals surface area contributed by atoms with Crippen molar-refractivity contribution in [1.82, 2.24) is 14.8 Å². The molecule has 0 aliphatic carbocycles. The molecule has 52 heavy (non-hydrogen) atoms. The Labute approximate surface area is 300 Å². The van der Waals surface area contributed by atoms with Crippen LogP contribution in [0.25, 0.3) is 0 Å². The number of hydrogen-bond acceptors (Lipinski definition) is 7. The zero-order valence-electron chi connectivity index (χ0n) is 28.3. The summed E-state index contributed by atoms with van der Waals surface area (Å²) in [5.41, 5.74) is -3.08. The number of carboxylic acids is 1. The van der Waals surface area contributed by atoms with Gasteiger partial charge < -0.3 is 24.4 Å². The lowest BCUT2D eigenvalue weighted by Gasteiger charge is -2.50. The standard InChI is InChI=1S/C36H39F6N3O6S/c1-2-8-28-34(51-24-21-29(52-22-24)36(40,41)42,15-7-17-45(28)32(48)31-26(35(37,38)39)10-5-16-43-31)33(49)44-18-13-23(14-19-44)25-9-3-4-11-27(25)50-20-6-12-30(46)47/h3-5,9-11,16,21-23,28H,2,6-8,12-15,17-20H2,1H3,(H,46,47)/t28-,34+/m1/s1. The third kappa shape index (κ3) is 8.64. The van der Waals surface area contributed by atoms with Gasteiger partial charge in [0.1, 0.15) is 22.1 Å². The summed E-state index contributed by atoms with van der Waals surface area (Å²) in [5.74, 6) is -2.19. The van der Waals surface area contributed by atoms with Crippen LogP contribution in [0.5, 0.6) is 11.5 Å². The second kappa shape index (κ2) is 16.1. The molecule has 16 heteroatoms. The molecule has 2 aliphatic heterocycles.